The number of aliphatic hydroxyl groups excluding tert-OH is 1. The van der Waals surface area contributed by atoms with Gasteiger partial charge in [0.15, 0.2) is 0 Å². The van der Waals surface area contributed by atoms with Crippen molar-refractivity contribution in [1.29, 1.82) is 0 Å². The molecule has 0 saturated carbocycles. The minimum atomic E-state index is 0.0395. The highest BCUT2D eigenvalue weighted by molar-refractivity contribution is 5.65. The smallest absolute Gasteiger partial charge is 0.147 e. The van der Waals surface area contributed by atoms with Gasteiger partial charge in [0, 0.05) is 20.2 Å². The molecule has 0 amide bonds. The average Bonchev–Trinajstić information content (AvgIpc) is 2.51. The molecule has 1 rings (SSSR count). The highest BCUT2D eigenvalue weighted by Gasteiger charge is 2.19. The zero-order valence-corrected chi connectivity index (χ0v) is 11.2. The van der Waals surface area contributed by atoms with Crippen molar-refractivity contribution in [3.8, 4) is 0 Å². The lowest BCUT2D eigenvalue weighted by molar-refractivity contribution is 0.220. The molecule has 1 heterocycles. The Morgan fingerprint density at radius 3 is 2.59 bits per heavy atom. The van der Waals surface area contributed by atoms with E-state index in [4.69, 9.17) is 10.8 Å². The van der Waals surface area contributed by atoms with Gasteiger partial charge in [-0.2, -0.15) is 5.10 Å². The van der Waals surface area contributed by atoms with E-state index in [9.17, 15) is 0 Å². The Labute approximate surface area is 103 Å². The van der Waals surface area contributed by atoms with Crippen molar-refractivity contribution < 1.29 is 5.11 Å². The van der Waals surface area contributed by atoms with E-state index in [1.165, 1.54) is 0 Å². The summed E-state index contributed by atoms with van der Waals surface area (Å²) in [5.41, 5.74) is 7.72. The quantitative estimate of drug-likeness (QED) is 0.702. The molecule has 0 bridgehead atoms. The highest BCUT2D eigenvalue weighted by Crippen LogP contribution is 2.25. The number of aromatic nitrogens is 2. The second-order valence-electron chi connectivity index (χ2n) is 5.18. The molecule has 0 saturated heterocycles. The van der Waals surface area contributed by atoms with Crippen molar-refractivity contribution in [3.63, 3.8) is 0 Å². The van der Waals surface area contributed by atoms with Gasteiger partial charge in [-0.3, -0.25) is 4.68 Å². The molecule has 0 atom stereocenters. The fraction of sp³-hybridized carbons (Fsp3) is 0.750. The zero-order chi connectivity index (χ0) is 13.1. The van der Waals surface area contributed by atoms with E-state index in [1.54, 1.807) is 4.68 Å². The molecular weight excluding hydrogens is 216 g/mol. The maximum Gasteiger partial charge on any atom is 0.147 e. The summed E-state index contributed by atoms with van der Waals surface area (Å²) in [6.45, 7) is 7.24. The summed E-state index contributed by atoms with van der Waals surface area (Å²) in [6.07, 6.45) is 1.60. The van der Waals surface area contributed by atoms with E-state index in [1.807, 2.05) is 14.0 Å². The molecule has 0 aliphatic heterocycles. The lowest BCUT2D eigenvalue weighted by atomic mass is 9.90. The first kappa shape index (κ1) is 13.8. The molecule has 5 heteroatoms. The number of hydrogen-bond donors (Lipinski definition) is 3. The summed E-state index contributed by atoms with van der Waals surface area (Å²) >= 11 is 0. The van der Waals surface area contributed by atoms with Gasteiger partial charge in [-0.15, -0.1) is 0 Å². The van der Waals surface area contributed by atoms with Gasteiger partial charge in [0.25, 0.3) is 0 Å². The number of aliphatic hydroxyl groups is 1. The Hall–Kier alpha value is -1.23. The van der Waals surface area contributed by atoms with Gasteiger partial charge in [-0.1, -0.05) is 20.8 Å². The van der Waals surface area contributed by atoms with Crippen LogP contribution in [-0.4, -0.2) is 28.0 Å². The third-order valence-corrected chi connectivity index (χ3v) is 3.02. The third kappa shape index (κ3) is 3.36. The van der Waals surface area contributed by atoms with Crippen LogP contribution in [0, 0.1) is 5.41 Å². The normalized spacial score (nSPS) is 11.8. The molecule has 17 heavy (non-hydrogen) atoms. The maximum atomic E-state index is 8.98. The Balaban J connectivity index is 2.72. The Kier molecular flexibility index (Phi) is 4.40. The van der Waals surface area contributed by atoms with Crippen molar-refractivity contribution in [3.05, 3.63) is 5.69 Å². The van der Waals surface area contributed by atoms with Crippen LogP contribution < -0.4 is 11.1 Å². The first-order valence-corrected chi connectivity index (χ1v) is 6.07. The summed E-state index contributed by atoms with van der Waals surface area (Å²) in [6, 6.07) is 0. The predicted molar refractivity (Wildman–Crippen MR) is 71.0 cm³/mol. The van der Waals surface area contributed by atoms with E-state index in [2.05, 4.69) is 24.3 Å². The number of rotatable bonds is 6. The molecule has 1 aromatic heterocycles. The molecule has 0 aliphatic carbocycles. The van der Waals surface area contributed by atoms with E-state index >= 15 is 0 Å². The average molecular weight is 240 g/mol. The maximum absolute atomic E-state index is 8.98. The van der Waals surface area contributed by atoms with E-state index < -0.39 is 0 Å². The van der Waals surface area contributed by atoms with Gasteiger partial charge in [0.05, 0.1) is 11.4 Å². The van der Waals surface area contributed by atoms with Crippen LogP contribution in [-0.2, 0) is 13.5 Å². The summed E-state index contributed by atoms with van der Waals surface area (Å²) in [4.78, 5) is 0. The monoisotopic (exact) mass is 240 g/mol. The topological polar surface area (TPSA) is 76.1 Å². The molecule has 1 aromatic rings. The van der Waals surface area contributed by atoms with Gasteiger partial charge in [-0.05, 0) is 18.3 Å². The van der Waals surface area contributed by atoms with Gasteiger partial charge in [-0.25, -0.2) is 0 Å². The Morgan fingerprint density at radius 1 is 1.47 bits per heavy atom. The number of nitrogens with one attached hydrogen (secondary N) is 1. The lowest BCUT2D eigenvalue weighted by Crippen LogP contribution is -2.25. The fourth-order valence-electron chi connectivity index (χ4n) is 1.78. The largest absolute Gasteiger partial charge is 0.396 e. The standard InChI is InChI=1S/C12H24N4O/c1-5-9-10(13)11(16(4)15-9)14-8-12(2,3)6-7-17/h14,17H,5-8,13H2,1-4H3. The summed E-state index contributed by atoms with van der Waals surface area (Å²) in [5.74, 6) is 0.868. The van der Waals surface area contributed by atoms with Crippen LogP contribution in [0.5, 0.6) is 0 Å². The van der Waals surface area contributed by atoms with Gasteiger partial charge >= 0.3 is 0 Å². The Bertz CT molecular complexity index is 371. The van der Waals surface area contributed by atoms with Crippen molar-refractivity contribution in [1.82, 2.24) is 9.78 Å². The minimum absolute atomic E-state index is 0.0395. The second-order valence-corrected chi connectivity index (χ2v) is 5.18. The molecule has 0 radical (unpaired) electrons. The molecule has 5 nitrogen and oxygen atoms in total. The van der Waals surface area contributed by atoms with Crippen LogP contribution in [0.1, 0.15) is 32.9 Å². The summed E-state index contributed by atoms with van der Waals surface area (Å²) in [7, 11) is 1.89. The number of anilines is 2. The zero-order valence-electron chi connectivity index (χ0n) is 11.2. The van der Waals surface area contributed by atoms with Crippen LogP contribution in [0.2, 0.25) is 0 Å². The van der Waals surface area contributed by atoms with E-state index in [0.717, 1.165) is 36.6 Å². The fourth-order valence-corrected chi connectivity index (χ4v) is 1.78. The summed E-state index contributed by atoms with van der Waals surface area (Å²) in [5, 5.41) is 16.7. The van der Waals surface area contributed by atoms with Crippen LogP contribution in [0.3, 0.4) is 0 Å². The van der Waals surface area contributed by atoms with Crippen LogP contribution in [0.15, 0.2) is 0 Å². The highest BCUT2D eigenvalue weighted by atomic mass is 16.3. The van der Waals surface area contributed by atoms with Crippen molar-refractivity contribution in [2.45, 2.75) is 33.6 Å². The third-order valence-electron chi connectivity index (χ3n) is 3.02. The molecule has 0 unspecified atom stereocenters. The number of nitrogens with zero attached hydrogens (tertiary/aromatic N) is 2. The summed E-state index contributed by atoms with van der Waals surface area (Å²) < 4.78 is 1.78. The van der Waals surface area contributed by atoms with Crippen LogP contribution in [0.25, 0.3) is 0 Å². The van der Waals surface area contributed by atoms with E-state index in [-0.39, 0.29) is 12.0 Å². The van der Waals surface area contributed by atoms with Gasteiger partial charge in [0.2, 0.25) is 0 Å². The lowest BCUT2D eigenvalue weighted by Gasteiger charge is -2.24. The molecular formula is C12H24N4O. The number of aryl methyl sites for hydroxylation is 2. The van der Waals surface area contributed by atoms with Crippen LogP contribution in [0.4, 0.5) is 11.5 Å². The van der Waals surface area contributed by atoms with Crippen LogP contribution >= 0.6 is 0 Å². The predicted octanol–water partition coefficient (Wildman–Crippen LogP) is 1.39. The number of nitrogen functional groups attached to an aromatic ring is 1. The molecule has 98 valence electrons. The van der Waals surface area contributed by atoms with Crippen molar-refractivity contribution in [2.24, 2.45) is 12.5 Å². The van der Waals surface area contributed by atoms with Gasteiger partial charge in [0.1, 0.15) is 5.82 Å². The first-order valence-electron chi connectivity index (χ1n) is 6.07. The Morgan fingerprint density at radius 2 is 2.12 bits per heavy atom. The van der Waals surface area contributed by atoms with E-state index in [0.29, 0.717) is 0 Å². The molecule has 0 aliphatic rings. The van der Waals surface area contributed by atoms with Crippen molar-refractivity contribution in [2.75, 3.05) is 24.2 Å². The minimum Gasteiger partial charge on any atom is -0.396 e. The second kappa shape index (κ2) is 5.40. The SMILES string of the molecule is CCc1nn(C)c(NCC(C)(C)CCO)c1N. The number of nitrogens with two attached hydrogens (primary N) is 1. The van der Waals surface area contributed by atoms with Crippen molar-refractivity contribution >= 4 is 11.5 Å². The number of hydrogen-bond acceptors (Lipinski definition) is 4. The first-order chi connectivity index (χ1) is 7.91. The molecule has 0 fully saturated rings. The molecule has 4 N–H and O–H groups in total. The molecule has 0 aromatic carbocycles. The van der Waals surface area contributed by atoms with Gasteiger partial charge < -0.3 is 16.2 Å². The molecule has 0 spiro atoms.